The number of hydrogen-bond donors (Lipinski definition) is 1. The summed E-state index contributed by atoms with van der Waals surface area (Å²) in [5.41, 5.74) is 3.90. The Kier molecular flexibility index (Phi) is 8.25. The molecular formula is C28H26F2N4O6. The quantitative estimate of drug-likeness (QED) is 0.252. The van der Waals surface area contributed by atoms with Gasteiger partial charge in [0.1, 0.15) is 11.5 Å². The molecule has 6 rings (SSSR count). The molecule has 0 atom stereocenters. The van der Waals surface area contributed by atoms with Crippen molar-refractivity contribution in [2.75, 3.05) is 18.0 Å². The van der Waals surface area contributed by atoms with Crippen molar-refractivity contribution in [1.29, 1.82) is 0 Å². The first-order chi connectivity index (χ1) is 19.4. The van der Waals surface area contributed by atoms with Crippen molar-refractivity contribution in [3.05, 3.63) is 71.5 Å². The van der Waals surface area contributed by atoms with Gasteiger partial charge in [0.05, 0.1) is 18.3 Å². The highest BCUT2D eigenvalue weighted by Crippen LogP contribution is 2.44. The monoisotopic (exact) mass is 552 g/mol. The van der Waals surface area contributed by atoms with Gasteiger partial charge in [0.15, 0.2) is 0 Å². The average Bonchev–Trinajstić information content (AvgIpc) is 3.52. The maximum absolute atomic E-state index is 11.1. The molecule has 0 amide bonds. The molecular weight excluding hydrogens is 526 g/mol. The number of carboxylic acid groups (broad SMARTS) is 1. The van der Waals surface area contributed by atoms with Crippen molar-refractivity contribution in [2.24, 2.45) is 0 Å². The molecule has 1 saturated heterocycles. The molecule has 2 fully saturated rings. The van der Waals surface area contributed by atoms with Gasteiger partial charge in [0.25, 0.3) is 11.8 Å². The summed E-state index contributed by atoms with van der Waals surface area (Å²) in [5.74, 6) is 1.37. The second kappa shape index (κ2) is 12.2. The van der Waals surface area contributed by atoms with E-state index in [2.05, 4.69) is 32.3 Å². The number of hydrogen-bond acceptors (Lipinski definition) is 9. The number of carbonyl (C=O) groups is 2. The highest BCUT2D eigenvalue weighted by Gasteiger charge is 2.33. The number of carboxylic acids is 1. The van der Waals surface area contributed by atoms with E-state index in [1.807, 2.05) is 18.2 Å². The number of ether oxygens (including phenoxy) is 1. The molecule has 2 aromatic heterocycles. The van der Waals surface area contributed by atoms with Crippen LogP contribution >= 0.6 is 0 Å². The maximum Gasteiger partial charge on any atom is 0.483 e. The first-order valence-electron chi connectivity index (χ1n) is 12.8. The Morgan fingerprint density at radius 2 is 1.60 bits per heavy atom. The van der Waals surface area contributed by atoms with Gasteiger partial charge in [-0.2, -0.15) is 4.98 Å². The van der Waals surface area contributed by atoms with Crippen molar-refractivity contribution >= 4 is 18.2 Å². The van der Waals surface area contributed by atoms with Crippen LogP contribution in [0.15, 0.2) is 63.6 Å². The summed E-state index contributed by atoms with van der Waals surface area (Å²) in [5, 5.41) is 17.6. The van der Waals surface area contributed by atoms with Gasteiger partial charge in [-0.25, -0.2) is 9.59 Å². The molecule has 0 spiro atoms. The summed E-state index contributed by atoms with van der Waals surface area (Å²) in [6, 6.07) is 16.5. The number of aromatic nitrogens is 3. The van der Waals surface area contributed by atoms with Crippen LogP contribution in [-0.4, -0.2) is 51.9 Å². The third-order valence-electron chi connectivity index (χ3n) is 6.80. The molecule has 1 aliphatic carbocycles. The van der Waals surface area contributed by atoms with Crippen LogP contribution in [0, 0.1) is 0 Å². The second-order valence-electron chi connectivity index (χ2n) is 9.52. The lowest BCUT2D eigenvalue weighted by Crippen LogP contribution is -2.37. The predicted octanol–water partition coefficient (Wildman–Crippen LogP) is 6.20. The molecule has 3 heterocycles. The minimum atomic E-state index is -2.83. The normalized spacial score (nSPS) is 15.4. The van der Waals surface area contributed by atoms with Crippen LogP contribution in [0.3, 0.4) is 0 Å². The van der Waals surface area contributed by atoms with E-state index >= 15 is 0 Å². The van der Waals surface area contributed by atoms with E-state index in [1.165, 1.54) is 12.1 Å². The molecule has 12 heteroatoms. The van der Waals surface area contributed by atoms with Crippen molar-refractivity contribution in [3.63, 3.8) is 0 Å². The number of piperidine rings is 1. The summed E-state index contributed by atoms with van der Waals surface area (Å²) >= 11 is 0. The molecule has 0 unspecified atom stereocenters. The molecule has 1 aliphatic heterocycles. The van der Waals surface area contributed by atoms with E-state index in [1.54, 1.807) is 12.1 Å². The van der Waals surface area contributed by atoms with Gasteiger partial charge in [-0.15, -0.1) is 8.78 Å². The maximum atomic E-state index is 11.1. The highest BCUT2D eigenvalue weighted by atomic mass is 19.3. The lowest BCUT2D eigenvalue weighted by atomic mass is 10.0. The Morgan fingerprint density at radius 1 is 0.925 bits per heavy atom. The summed E-state index contributed by atoms with van der Waals surface area (Å²) < 4.78 is 36.9. The summed E-state index contributed by atoms with van der Waals surface area (Å²) in [6.45, 7) is 2.00. The number of nitrogens with zero attached hydrogens (tertiary/aromatic N) is 4. The van der Waals surface area contributed by atoms with Gasteiger partial charge < -0.3 is 23.8 Å². The first kappa shape index (κ1) is 27.1. The molecule has 40 heavy (non-hydrogen) atoms. The van der Waals surface area contributed by atoms with Crippen LogP contribution < -0.4 is 4.90 Å². The smallest absolute Gasteiger partial charge is 0.478 e. The number of benzene rings is 2. The zero-order chi connectivity index (χ0) is 28.1. The van der Waals surface area contributed by atoms with Crippen LogP contribution in [0.25, 0.3) is 22.7 Å². The van der Waals surface area contributed by atoms with Crippen LogP contribution in [-0.2, 0) is 11.3 Å². The lowest BCUT2D eigenvalue weighted by Gasteiger charge is -2.30. The second-order valence-corrected chi connectivity index (χ2v) is 9.52. The van der Waals surface area contributed by atoms with Gasteiger partial charge in [0, 0.05) is 35.7 Å². The molecule has 10 nitrogen and oxygen atoms in total. The average molecular weight is 553 g/mol. The zero-order valence-corrected chi connectivity index (χ0v) is 21.3. The SMILES string of the molecule is O=C(F)F.O=C(O)c1ccc(-c2nc(N3CCC(OCc4c(-c5ccccc5)noc4C4CC4)CC3)no2)cc1. The fourth-order valence-corrected chi connectivity index (χ4v) is 4.59. The Hall–Kier alpha value is -4.45. The van der Waals surface area contributed by atoms with Crippen molar-refractivity contribution in [3.8, 4) is 22.7 Å². The molecule has 2 aliphatic rings. The summed E-state index contributed by atoms with van der Waals surface area (Å²) in [6.07, 6.45) is 1.28. The number of halogens is 2. The molecule has 1 N–H and O–H groups in total. The molecule has 0 radical (unpaired) electrons. The first-order valence-corrected chi connectivity index (χ1v) is 12.8. The van der Waals surface area contributed by atoms with E-state index in [9.17, 15) is 13.6 Å². The minimum absolute atomic E-state index is 0.127. The Morgan fingerprint density at radius 3 is 2.23 bits per heavy atom. The van der Waals surface area contributed by atoms with E-state index in [0.717, 1.165) is 61.4 Å². The largest absolute Gasteiger partial charge is 0.483 e. The molecule has 208 valence electrons. The van der Waals surface area contributed by atoms with Gasteiger partial charge in [-0.1, -0.05) is 35.5 Å². The van der Waals surface area contributed by atoms with Crippen molar-refractivity contribution < 1.29 is 37.3 Å². The fourth-order valence-electron chi connectivity index (χ4n) is 4.59. The van der Waals surface area contributed by atoms with Gasteiger partial charge in [-0.3, -0.25) is 0 Å². The van der Waals surface area contributed by atoms with E-state index in [-0.39, 0.29) is 11.7 Å². The third kappa shape index (κ3) is 6.57. The van der Waals surface area contributed by atoms with E-state index < -0.39 is 12.3 Å². The van der Waals surface area contributed by atoms with Crippen molar-refractivity contribution in [1.82, 2.24) is 15.3 Å². The van der Waals surface area contributed by atoms with Crippen molar-refractivity contribution in [2.45, 2.75) is 44.3 Å². The van der Waals surface area contributed by atoms with Crippen LogP contribution in [0.5, 0.6) is 0 Å². The van der Waals surface area contributed by atoms with Crippen LogP contribution in [0.1, 0.15) is 53.3 Å². The highest BCUT2D eigenvalue weighted by molar-refractivity contribution is 5.88. The zero-order valence-electron chi connectivity index (χ0n) is 21.3. The standard InChI is InChI=1S/C27H26N4O5.CF2O/c32-26(33)20-10-8-19(9-11-20)25-28-27(30-36-25)31-14-12-21(13-15-31)34-16-22-23(17-4-2-1-3-5-17)29-35-24(22)18-6-7-18;2-1(3)4/h1-5,8-11,18,21H,6-7,12-16H2,(H,32,33);. The van der Waals surface area contributed by atoms with Gasteiger partial charge in [0.2, 0.25) is 0 Å². The number of carbonyl (C=O) groups excluding carboxylic acids is 1. The Bertz CT molecular complexity index is 1440. The number of aromatic carboxylic acids is 1. The molecule has 0 bridgehead atoms. The molecule has 2 aromatic carbocycles. The van der Waals surface area contributed by atoms with Crippen LogP contribution in [0.2, 0.25) is 0 Å². The Balaban J connectivity index is 0.000000758. The molecule has 1 saturated carbocycles. The Labute approximate surface area is 227 Å². The topological polar surface area (TPSA) is 132 Å². The van der Waals surface area contributed by atoms with Gasteiger partial charge >= 0.3 is 12.3 Å². The van der Waals surface area contributed by atoms with Gasteiger partial charge in [-0.05, 0) is 55.1 Å². The van der Waals surface area contributed by atoms with E-state index in [0.29, 0.717) is 29.9 Å². The lowest BCUT2D eigenvalue weighted by molar-refractivity contribution is 0.0244. The molecule has 4 aromatic rings. The summed E-state index contributed by atoms with van der Waals surface area (Å²) in [4.78, 5) is 25.8. The van der Waals surface area contributed by atoms with E-state index in [4.69, 9.17) is 23.7 Å². The summed E-state index contributed by atoms with van der Waals surface area (Å²) in [7, 11) is 0. The third-order valence-corrected chi connectivity index (χ3v) is 6.80. The number of rotatable bonds is 8. The predicted molar refractivity (Wildman–Crippen MR) is 138 cm³/mol. The fraction of sp³-hybridized carbons (Fsp3) is 0.321. The van der Waals surface area contributed by atoms with Crippen LogP contribution in [0.4, 0.5) is 19.5 Å². The minimum Gasteiger partial charge on any atom is -0.478 e. The number of anilines is 1.